The molecule has 2 N–H and O–H groups in total. The molecule has 0 aliphatic heterocycles. The van der Waals surface area contributed by atoms with Gasteiger partial charge in [0.2, 0.25) is 0 Å². The molecule has 2 heterocycles. The fraction of sp³-hybridized carbons (Fsp3) is 0.429. The lowest BCUT2D eigenvalue weighted by atomic mass is 10.1. The number of nitrogens with zero attached hydrogens (tertiary/aromatic N) is 4. The lowest BCUT2D eigenvalue weighted by Gasteiger charge is -2.11. The molecule has 3 aromatic rings. The van der Waals surface area contributed by atoms with Crippen molar-refractivity contribution in [3.05, 3.63) is 53.2 Å². The number of aromatic nitrogens is 3. The molecular formula is C21H29IN6O2. The minimum absolute atomic E-state index is 0. The van der Waals surface area contributed by atoms with Gasteiger partial charge >= 0.3 is 0 Å². The second-order valence-electron chi connectivity index (χ2n) is 7.12. The molecule has 0 aliphatic rings. The summed E-state index contributed by atoms with van der Waals surface area (Å²) < 4.78 is 10.7. The lowest BCUT2D eigenvalue weighted by molar-refractivity contribution is 0.372. The van der Waals surface area contributed by atoms with Gasteiger partial charge in [-0.1, -0.05) is 43.2 Å². The third-order valence-corrected chi connectivity index (χ3v) is 4.40. The van der Waals surface area contributed by atoms with E-state index in [1.165, 1.54) is 0 Å². The van der Waals surface area contributed by atoms with Crippen LogP contribution in [0.1, 0.15) is 56.0 Å². The zero-order valence-corrected chi connectivity index (χ0v) is 20.1. The predicted molar refractivity (Wildman–Crippen MR) is 127 cm³/mol. The highest BCUT2D eigenvalue weighted by Gasteiger charge is 2.10. The fourth-order valence-electron chi connectivity index (χ4n) is 2.77. The second-order valence-corrected chi connectivity index (χ2v) is 7.12. The van der Waals surface area contributed by atoms with Crippen LogP contribution in [0, 0.1) is 0 Å². The van der Waals surface area contributed by atoms with E-state index < -0.39 is 0 Å². The Labute approximate surface area is 193 Å². The SMILES string of the molecule is CCCc1noc(-c2cccc(CNC(=NC)NCc3cc(C(C)C)no3)c2)n1.I. The van der Waals surface area contributed by atoms with Crippen molar-refractivity contribution in [2.45, 2.75) is 52.6 Å². The maximum Gasteiger partial charge on any atom is 0.257 e. The number of halogens is 1. The number of rotatable bonds is 8. The zero-order chi connectivity index (χ0) is 20.6. The summed E-state index contributed by atoms with van der Waals surface area (Å²) in [7, 11) is 1.74. The molecule has 1 aromatic carbocycles. The van der Waals surface area contributed by atoms with E-state index >= 15 is 0 Å². The van der Waals surface area contributed by atoms with Crippen LogP contribution in [0.2, 0.25) is 0 Å². The number of hydrogen-bond donors (Lipinski definition) is 2. The maximum atomic E-state index is 5.38. The Morgan fingerprint density at radius 1 is 1.10 bits per heavy atom. The molecule has 162 valence electrons. The first kappa shape index (κ1) is 23.8. The Morgan fingerprint density at radius 3 is 2.60 bits per heavy atom. The van der Waals surface area contributed by atoms with Gasteiger partial charge in [-0.3, -0.25) is 4.99 Å². The Balaban J connectivity index is 0.00000320. The molecule has 3 rings (SSSR count). The van der Waals surface area contributed by atoms with Crippen LogP contribution in [0.15, 0.2) is 44.4 Å². The zero-order valence-electron chi connectivity index (χ0n) is 17.8. The molecule has 0 fully saturated rings. The number of benzene rings is 1. The highest BCUT2D eigenvalue weighted by molar-refractivity contribution is 14.0. The average molecular weight is 524 g/mol. The summed E-state index contributed by atoms with van der Waals surface area (Å²) in [5.41, 5.74) is 2.94. The molecule has 2 aromatic heterocycles. The standard InChI is InChI=1S/C21H28N6O2.HI/c1-5-7-19-25-20(29-27-19)16-9-6-8-15(10-16)12-23-21(22-4)24-13-17-11-18(14(2)3)26-28-17;/h6,8-11,14H,5,7,12-13H2,1-4H3,(H2,22,23,24);1H. The number of aliphatic imine (C=N–C) groups is 1. The summed E-state index contributed by atoms with van der Waals surface area (Å²) in [6.45, 7) is 7.39. The first-order valence-electron chi connectivity index (χ1n) is 9.91. The van der Waals surface area contributed by atoms with Crippen LogP contribution < -0.4 is 10.6 Å². The molecule has 8 nitrogen and oxygen atoms in total. The van der Waals surface area contributed by atoms with Crippen molar-refractivity contribution in [1.29, 1.82) is 0 Å². The second kappa shape index (κ2) is 11.7. The number of guanidine groups is 1. The normalized spacial score (nSPS) is 11.4. The highest BCUT2D eigenvalue weighted by atomic mass is 127. The summed E-state index contributed by atoms with van der Waals surface area (Å²) in [5, 5.41) is 14.6. The number of hydrogen-bond acceptors (Lipinski definition) is 6. The van der Waals surface area contributed by atoms with E-state index in [1.807, 2.05) is 30.3 Å². The van der Waals surface area contributed by atoms with Crippen molar-refractivity contribution in [2.24, 2.45) is 4.99 Å². The summed E-state index contributed by atoms with van der Waals surface area (Å²) in [6.07, 6.45) is 1.80. The van der Waals surface area contributed by atoms with Gasteiger partial charge in [0.25, 0.3) is 5.89 Å². The van der Waals surface area contributed by atoms with Crippen LogP contribution >= 0.6 is 24.0 Å². The molecule has 0 atom stereocenters. The molecule has 0 bridgehead atoms. The Morgan fingerprint density at radius 2 is 1.90 bits per heavy atom. The van der Waals surface area contributed by atoms with Gasteiger partial charge in [-0.2, -0.15) is 4.98 Å². The van der Waals surface area contributed by atoms with Gasteiger partial charge in [-0.25, -0.2) is 0 Å². The predicted octanol–water partition coefficient (Wildman–Crippen LogP) is 4.28. The molecular weight excluding hydrogens is 495 g/mol. The Hall–Kier alpha value is -2.43. The van der Waals surface area contributed by atoms with E-state index in [4.69, 9.17) is 9.05 Å². The van der Waals surface area contributed by atoms with E-state index in [0.29, 0.717) is 30.9 Å². The molecule has 0 radical (unpaired) electrons. The van der Waals surface area contributed by atoms with Gasteiger partial charge in [0.05, 0.1) is 12.2 Å². The summed E-state index contributed by atoms with van der Waals surface area (Å²) in [4.78, 5) is 8.71. The van der Waals surface area contributed by atoms with E-state index in [2.05, 4.69) is 51.7 Å². The molecule has 0 spiro atoms. The van der Waals surface area contributed by atoms with Crippen LogP contribution in [-0.2, 0) is 19.5 Å². The van der Waals surface area contributed by atoms with E-state index in [1.54, 1.807) is 7.05 Å². The third kappa shape index (κ3) is 6.54. The fourth-order valence-corrected chi connectivity index (χ4v) is 2.77. The van der Waals surface area contributed by atoms with E-state index in [9.17, 15) is 0 Å². The quantitative estimate of drug-likeness (QED) is 0.258. The minimum atomic E-state index is 0. The van der Waals surface area contributed by atoms with Crippen molar-refractivity contribution >= 4 is 29.9 Å². The van der Waals surface area contributed by atoms with Crippen LogP contribution in [-0.4, -0.2) is 28.3 Å². The summed E-state index contributed by atoms with van der Waals surface area (Å²) in [5.74, 6) is 3.08. The molecule has 0 aliphatic carbocycles. The molecule has 0 saturated carbocycles. The van der Waals surface area contributed by atoms with Gasteiger partial charge in [0, 0.05) is 31.6 Å². The van der Waals surface area contributed by atoms with E-state index in [-0.39, 0.29) is 24.0 Å². The largest absolute Gasteiger partial charge is 0.359 e. The Bertz CT molecular complexity index is 950. The van der Waals surface area contributed by atoms with E-state index in [0.717, 1.165) is 41.2 Å². The third-order valence-electron chi connectivity index (χ3n) is 4.40. The van der Waals surface area contributed by atoms with Crippen molar-refractivity contribution in [3.63, 3.8) is 0 Å². The van der Waals surface area contributed by atoms with Crippen LogP contribution in [0.3, 0.4) is 0 Å². The van der Waals surface area contributed by atoms with Gasteiger partial charge in [-0.15, -0.1) is 24.0 Å². The van der Waals surface area contributed by atoms with Crippen LogP contribution in [0.4, 0.5) is 0 Å². The van der Waals surface area contributed by atoms with Gasteiger partial charge < -0.3 is 19.7 Å². The lowest BCUT2D eigenvalue weighted by Crippen LogP contribution is -2.36. The molecule has 9 heteroatoms. The van der Waals surface area contributed by atoms with Gasteiger partial charge in [0.15, 0.2) is 17.5 Å². The minimum Gasteiger partial charge on any atom is -0.359 e. The first-order chi connectivity index (χ1) is 14.1. The van der Waals surface area contributed by atoms with Gasteiger partial charge in [-0.05, 0) is 30.0 Å². The molecule has 0 unspecified atom stereocenters. The van der Waals surface area contributed by atoms with Crippen molar-refractivity contribution in [2.75, 3.05) is 7.05 Å². The van der Waals surface area contributed by atoms with Gasteiger partial charge in [0.1, 0.15) is 0 Å². The highest BCUT2D eigenvalue weighted by Crippen LogP contribution is 2.19. The maximum absolute atomic E-state index is 5.38. The molecule has 30 heavy (non-hydrogen) atoms. The molecule has 0 saturated heterocycles. The monoisotopic (exact) mass is 524 g/mol. The smallest absolute Gasteiger partial charge is 0.257 e. The number of aryl methyl sites for hydroxylation is 1. The Kier molecular flexibility index (Phi) is 9.28. The van der Waals surface area contributed by atoms with Crippen molar-refractivity contribution in [1.82, 2.24) is 25.9 Å². The topological polar surface area (TPSA) is 101 Å². The number of nitrogens with one attached hydrogen (secondary N) is 2. The summed E-state index contributed by atoms with van der Waals surface area (Å²) in [6, 6.07) is 9.99. The summed E-state index contributed by atoms with van der Waals surface area (Å²) >= 11 is 0. The van der Waals surface area contributed by atoms with Crippen molar-refractivity contribution in [3.8, 4) is 11.5 Å². The van der Waals surface area contributed by atoms with Crippen molar-refractivity contribution < 1.29 is 9.05 Å². The van der Waals surface area contributed by atoms with Crippen LogP contribution in [0.5, 0.6) is 0 Å². The first-order valence-corrected chi connectivity index (χ1v) is 9.91. The van der Waals surface area contributed by atoms with Crippen LogP contribution in [0.25, 0.3) is 11.5 Å². The average Bonchev–Trinajstić information content (AvgIpc) is 3.38. The molecule has 0 amide bonds.